The number of aliphatic hydroxyl groups is 2. The van der Waals surface area contributed by atoms with Crippen molar-refractivity contribution in [2.24, 2.45) is 5.73 Å². The Kier molecular flexibility index (Phi) is 19.7. The normalized spacial score (nSPS) is 15.5. The molecule has 38 heavy (non-hydrogen) atoms. The van der Waals surface area contributed by atoms with E-state index in [1.807, 2.05) is 6.08 Å². The molecule has 0 aromatic rings. The van der Waals surface area contributed by atoms with E-state index in [1.54, 1.807) is 12.2 Å². The molecule has 0 heterocycles. The molecule has 0 saturated carbocycles. The van der Waals surface area contributed by atoms with Crippen LogP contribution in [0.1, 0.15) is 85.0 Å². The molecule has 0 aromatic heterocycles. The number of carbonyl (C=O) groups is 4. The SMILES string of the molecule is CCCCCCC/C=C/C=C/C(=O)N[C@H](C(=O)N[C@@H](CCCCN)C(=O)N[C@@H](C)[C@@H](O)CC(=O)O)[C@@H](C)O. The van der Waals surface area contributed by atoms with Gasteiger partial charge in [-0.05, 0) is 52.5 Å². The van der Waals surface area contributed by atoms with E-state index in [0.29, 0.717) is 19.4 Å². The van der Waals surface area contributed by atoms with Gasteiger partial charge in [-0.25, -0.2) is 0 Å². The molecule has 11 heteroatoms. The zero-order valence-corrected chi connectivity index (χ0v) is 23.0. The highest BCUT2D eigenvalue weighted by atomic mass is 16.4. The minimum atomic E-state index is -1.32. The van der Waals surface area contributed by atoms with Gasteiger partial charge in [0.1, 0.15) is 12.1 Å². The van der Waals surface area contributed by atoms with Gasteiger partial charge < -0.3 is 37.0 Å². The van der Waals surface area contributed by atoms with Gasteiger partial charge in [0.05, 0.1) is 24.7 Å². The van der Waals surface area contributed by atoms with Gasteiger partial charge in [-0.15, -0.1) is 0 Å². The minimum absolute atomic E-state index is 0.222. The number of allylic oxidation sites excluding steroid dienone is 3. The molecule has 3 amide bonds. The van der Waals surface area contributed by atoms with Crippen molar-refractivity contribution in [3.63, 3.8) is 0 Å². The van der Waals surface area contributed by atoms with Gasteiger partial charge in [-0.2, -0.15) is 0 Å². The molecule has 0 aliphatic rings. The molecular formula is C27H48N4O7. The van der Waals surface area contributed by atoms with Crippen LogP contribution >= 0.6 is 0 Å². The summed E-state index contributed by atoms with van der Waals surface area (Å²) in [6, 6.07) is -3.23. The minimum Gasteiger partial charge on any atom is -0.481 e. The fraction of sp³-hybridized carbons (Fsp3) is 0.704. The second kappa shape index (κ2) is 21.2. The van der Waals surface area contributed by atoms with Crippen LogP contribution in [0.25, 0.3) is 0 Å². The lowest BCUT2D eigenvalue weighted by Gasteiger charge is -2.26. The van der Waals surface area contributed by atoms with E-state index >= 15 is 0 Å². The van der Waals surface area contributed by atoms with Crippen molar-refractivity contribution in [1.29, 1.82) is 0 Å². The van der Waals surface area contributed by atoms with Crippen LogP contribution in [-0.4, -0.2) is 75.9 Å². The van der Waals surface area contributed by atoms with E-state index in [2.05, 4.69) is 22.9 Å². The number of carbonyl (C=O) groups excluding carboxylic acids is 3. The average molecular weight is 541 g/mol. The average Bonchev–Trinajstić information content (AvgIpc) is 2.84. The number of rotatable bonds is 21. The first-order valence-electron chi connectivity index (χ1n) is 13.6. The van der Waals surface area contributed by atoms with Gasteiger partial charge in [0.25, 0.3) is 0 Å². The van der Waals surface area contributed by atoms with Crippen LogP contribution in [0.5, 0.6) is 0 Å². The maximum atomic E-state index is 12.9. The molecule has 11 nitrogen and oxygen atoms in total. The zero-order valence-electron chi connectivity index (χ0n) is 23.0. The third kappa shape index (κ3) is 16.9. The van der Waals surface area contributed by atoms with E-state index in [-0.39, 0.29) is 6.42 Å². The zero-order chi connectivity index (χ0) is 28.9. The number of hydrogen-bond acceptors (Lipinski definition) is 7. The van der Waals surface area contributed by atoms with Gasteiger partial charge in [-0.3, -0.25) is 19.2 Å². The van der Waals surface area contributed by atoms with Crippen molar-refractivity contribution in [3.8, 4) is 0 Å². The maximum absolute atomic E-state index is 12.9. The summed E-state index contributed by atoms with van der Waals surface area (Å²) < 4.78 is 0. The summed E-state index contributed by atoms with van der Waals surface area (Å²) in [5.41, 5.74) is 5.52. The molecule has 0 fully saturated rings. The Balaban J connectivity index is 5.07. The highest BCUT2D eigenvalue weighted by molar-refractivity contribution is 5.95. The lowest BCUT2D eigenvalue weighted by atomic mass is 10.0. The third-order valence-corrected chi connectivity index (χ3v) is 5.94. The number of amides is 3. The number of hydrogen-bond donors (Lipinski definition) is 7. The van der Waals surface area contributed by atoms with Crippen molar-refractivity contribution < 1.29 is 34.5 Å². The summed E-state index contributed by atoms with van der Waals surface area (Å²) in [5.74, 6) is -3.17. The van der Waals surface area contributed by atoms with Crippen LogP contribution in [0.4, 0.5) is 0 Å². The molecule has 0 rings (SSSR count). The molecule has 0 radical (unpaired) electrons. The Hall–Kier alpha value is -2.76. The largest absolute Gasteiger partial charge is 0.481 e. The second-order valence-corrected chi connectivity index (χ2v) is 9.53. The third-order valence-electron chi connectivity index (χ3n) is 5.94. The Labute approximate surface area is 226 Å². The number of aliphatic carboxylic acids is 1. The van der Waals surface area contributed by atoms with Gasteiger partial charge in [0.2, 0.25) is 17.7 Å². The quantitative estimate of drug-likeness (QED) is 0.0643. The Morgan fingerprint density at radius 1 is 0.868 bits per heavy atom. The molecule has 0 aliphatic carbocycles. The van der Waals surface area contributed by atoms with Crippen LogP contribution < -0.4 is 21.7 Å². The molecule has 0 unspecified atom stereocenters. The number of nitrogens with two attached hydrogens (primary N) is 1. The first kappa shape index (κ1) is 35.2. The molecule has 0 saturated heterocycles. The molecule has 5 atom stereocenters. The molecular weight excluding hydrogens is 492 g/mol. The van der Waals surface area contributed by atoms with Crippen molar-refractivity contribution in [2.45, 2.75) is 115 Å². The fourth-order valence-corrected chi connectivity index (χ4v) is 3.59. The summed E-state index contributed by atoms with van der Waals surface area (Å²) in [4.78, 5) is 48.9. The number of nitrogens with one attached hydrogen (secondary N) is 3. The smallest absolute Gasteiger partial charge is 0.306 e. The van der Waals surface area contributed by atoms with Crippen molar-refractivity contribution in [2.75, 3.05) is 6.54 Å². The summed E-state index contributed by atoms with van der Waals surface area (Å²) >= 11 is 0. The van der Waals surface area contributed by atoms with E-state index in [1.165, 1.54) is 45.6 Å². The van der Waals surface area contributed by atoms with Crippen LogP contribution in [0, 0.1) is 0 Å². The number of unbranched alkanes of at least 4 members (excludes halogenated alkanes) is 6. The van der Waals surface area contributed by atoms with Crippen molar-refractivity contribution >= 4 is 23.7 Å². The second-order valence-electron chi connectivity index (χ2n) is 9.53. The van der Waals surface area contributed by atoms with Crippen LogP contribution in [0.15, 0.2) is 24.3 Å². The van der Waals surface area contributed by atoms with Gasteiger partial charge >= 0.3 is 5.97 Å². The maximum Gasteiger partial charge on any atom is 0.306 e. The molecule has 0 bridgehead atoms. The molecule has 0 aliphatic heterocycles. The summed E-state index contributed by atoms with van der Waals surface area (Å²) in [6.07, 6.45) is 11.6. The van der Waals surface area contributed by atoms with Crippen molar-refractivity contribution in [1.82, 2.24) is 16.0 Å². The molecule has 0 aromatic carbocycles. The Bertz CT molecular complexity index is 771. The van der Waals surface area contributed by atoms with E-state index in [9.17, 15) is 29.4 Å². The van der Waals surface area contributed by atoms with Crippen LogP contribution in [-0.2, 0) is 19.2 Å². The predicted molar refractivity (Wildman–Crippen MR) is 146 cm³/mol. The number of carboxylic acids is 1. The lowest BCUT2D eigenvalue weighted by molar-refractivity contribution is -0.140. The summed E-state index contributed by atoms with van der Waals surface area (Å²) in [5, 5.41) is 36.4. The van der Waals surface area contributed by atoms with E-state index in [4.69, 9.17) is 10.8 Å². The van der Waals surface area contributed by atoms with Crippen molar-refractivity contribution in [3.05, 3.63) is 24.3 Å². The summed E-state index contributed by atoms with van der Waals surface area (Å²) in [7, 11) is 0. The highest BCUT2D eigenvalue weighted by Crippen LogP contribution is 2.07. The highest BCUT2D eigenvalue weighted by Gasteiger charge is 2.30. The number of aliphatic hydroxyl groups excluding tert-OH is 2. The molecule has 0 spiro atoms. The standard InChI is InChI=1S/C27H48N4O7/c1-4-5-6-7-8-9-10-11-12-16-23(34)31-25(20(3)32)27(38)30-21(15-13-14-17-28)26(37)29-19(2)22(33)18-24(35)36/h10-12,16,19-22,25,32-33H,4-9,13-15,17-18,28H2,1-3H3,(H,29,37)(H,30,38)(H,31,34)(H,35,36)/b11-10+,16-12+/t19-,20+,21-,22-,25-/m0/s1. The lowest BCUT2D eigenvalue weighted by Crippen LogP contribution is -2.58. The first-order valence-corrected chi connectivity index (χ1v) is 13.6. The monoisotopic (exact) mass is 540 g/mol. The van der Waals surface area contributed by atoms with Crippen LogP contribution in [0.2, 0.25) is 0 Å². The topological polar surface area (TPSA) is 191 Å². The molecule has 8 N–H and O–H groups in total. The van der Waals surface area contributed by atoms with Gasteiger partial charge in [0.15, 0.2) is 0 Å². The van der Waals surface area contributed by atoms with Gasteiger partial charge in [0, 0.05) is 6.08 Å². The number of carboxylic acid groups (broad SMARTS) is 1. The Morgan fingerprint density at radius 3 is 2.16 bits per heavy atom. The van der Waals surface area contributed by atoms with Gasteiger partial charge in [-0.1, -0.05) is 50.8 Å². The van der Waals surface area contributed by atoms with Crippen LogP contribution in [0.3, 0.4) is 0 Å². The summed E-state index contributed by atoms with van der Waals surface area (Å²) in [6.45, 7) is 5.36. The van der Waals surface area contributed by atoms with E-state index in [0.717, 1.165) is 12.8 Å². The fourth-order valence-electron chi connectivity index (χ4n) is 3.59. The molecule has 218 valence electrons. The predicted octanol–water partition coefficient (Wildman–Crippen LogP) is 1.28. The first-order chi connectivity index (χ1) is 18.0. The Morgan fingerprint density at radius 2 is 1.55 bits per heavy atom. The van der Waals surface area contributed by atoms with E-state index < -0.39 is 60.4 Å².